The molecule has 0 fully saturated rings. The summed E-state index contributed by atoms with van der Waals surface area (Å²) in [6.07, 6.45) is -3.03. The summed E-state index contributed by atoms with van der Waals surface area (Å²) in [7, 11) is 3.38. The van der Waals surface area contributed by atoms with Crippen LogP contribution in [-0.2, 0) is 19.0 Å². The van der Waals surface area contributed by atoms with Crippen molar-refractivity contribution in [3.63, 3.8) is 0 Å². The van der Waals surface area contributed by atoms with Gasteiger partial charge in [-0.1, -0.05) is 35.9 Å². The van der Waals surface area contributed by atoms with E-state index in [1.807, 2.05) is 31.2 Å². The summed E-state index contributed by atoms with van der Waals surface area (Å²) in [5.74, 6) is -0.348. The van der Waals surface area contributed by atoms with Crippen LogP contribution in [0.1, 0.15) is 32.6 Å². The number of nitrogens with one attached hydrogen (secondary N) is 2. The molecule has 0 spiro atoms. The number of benzene rings is 3. The quantitative estimate of drug-likeness (QED) is 0.504. The molecule has 3 aromatic carbocycles. The van der Waals surface area contributed by atoms with Gasteiger partial charge in [-0.15, -0.1) is 0 Å². The Labute approximate surface area is 202 Å². The lowest BCUT2D eigenvalue weighted by atomic mass is 9.96. The fourth-order valence-corrected chi connectivity index (χ4v) is 4.24. The standard InChI is InChI=1S/C27H26F3N3O2/c1-16-4-11-23(17-5-8-20(9-6-17)27(28,29)30)24(12-16)25(34)31-21-10-7-18-13-22(15-19(18)14-21)32-26(35)33(2)3/h4-12,14,22H,13,15H2,1-3H3,(H,31,34)(H,32,35)/t22-/m1/s1. The summed E-state index contributed by atoms with van der Waals surface area (Å²) in [5.41, 5.74) is 4.37. The molecule has 3 amide bonds. The van der Waals surface area contributed by atoms with Crippen LogP contribution in [0.25, 0.3) is 11.1 Å². The van der Waals surface area contributed by atoms with Crippen LogP contribution in [-0.4, -0.2) is 37.0 Å². The third-order valence-electron chi connectivity index (χ3n) is 6.07. The zero-order chi connectivity index (χ0) is 25.3. The molecule has 0 bridgehead atoms. The van der Waals surface area contributed by atoms with Crippen molar-refractivity contribution in [1.29, 1.82) is 0 Å². The van der Waals surface area contributed by atoms with E-state index in [1.54, 1.807) is 26.2 Å². The topological polar surface area (TPSA) is 61.4 Å². The van der Waals surface area contributed by atoms with Gasteiger partial charge in [0.2, 0.25) is 0 Å². The van der Waals surface area contributed by atoms with Crippen LogP contribution in [0.5, 0.6) is 0 Å². The van der Waals surface area contributed by atoms with Gasteiger partial charge in [0.15, 0.2) is 0 Å². The Balaban J connectivity index is 1.54. The molecule has 3 aromatic rings. The maximum atomic E-state index is 13.2. The van der Waals surface area contributed by atoms with Crippen LogP contribution < -0.4 is 10.6 Å². The summed E-state index contributed by atoms with van der Waals surface area (Å²) < 4.78 is 38.9. The maximum Gasteiger partial charge on any atom is 0.416 e. The molecule has 0 aliphatic heterocycles. The first kappa shape index (κ1) is 24.3. The number of anilines is 1. The van der Waals surface area contributed by atoms with Crippen LogP contribution in [0.3, 0.4) is 0 Å². The number of aryl methyl sites for hydroxylation is 1. The van der Waals surface area contributed by atoms with Crippen molar-refractivity contribution in [2.24, 2.45) is 0 Å². The minimum absolute atomic E-state index is 0.00565. The summed E-state index contributed by atoms with van der Waals surface area (Å²) in [6.45, 7) is 1.85. The number of carbonyl (C=O) groups excluding carboxylic acids is 2. The molecule has 35 heavy (non-hydrogen) atoms. The number of fused-ring (bicyclic) bond motifs is 1. The van der Waals surface area contributed by atoms with E-state index in [2.05, 4.69) is 10.6 Å². The number of nitrogens with zero attached hydrogens (tertiary/aromatic N) is 1. The molecule has 182 valence electrons. The van der Waals surface area contributed by atoms with Gasteiger partial charge in [0, 0.05) is 31.4 Å². The molecular formula is C27H26F3N3O2. The Morgan fingerprint density at radius 1 is 0.914 bits per heavy atom. The average molecular weight is 482 g/mol. The highest BCUT2D eigenvalue weighted by Crippen LogP contribution is 2.33. The summed E-state index contributed by atoms with van der Waals surface area (Å²) in [6, 6.07) is 15.6. The molecule has 0 aromatic heterocycles. The van der Waals surface area contributed by atoms with Gasteiger partial charge in [-0.3, -0.25) is 4.79 Å². The van der Waals surface area contributed by atoms with Crippen LogP contribution in [0.15, 0.2) is 60.7 Å². The third kappa shape index (κ3) is 5.48. The molecule has 0 radical (unpaired) electrons. The van der Waals surface area contributed by atoms with Crippen molar-refractivity contribution < 1.29 is 22.8 Å². The maximum absolute atomic E-state index is 13.2. The van der Waals surface area contributed by atoms with E-state index in [4.69, 9.17) is 0 Å². The van der Waals surface area contributed by atoms with Crippen molar-refractivity contribution >= 4 is 17.6 Å². The van der Waals surface area contributed by atoms with Gasteiger partial charge in [0.25, 0.3) is 5.91 Å². The second-order valence-electron chi connectivity index (χ2n) is 9.01. The highest BCUT2D eigenvalue weighted by molar-refractivity contribution is 6.09. The first-order valence-corrected chi connectivity index (χ1v) is 11.2. The Kier molecular flexibility index (Phi) is 6.56. The van der Waals surface area contributed by atoms with Crippen molar-refractivity contribution in [2.45, 2.75) is 32.0 Å². The van der Waals surface area contributed by atoms with Crippen molar-refractivity contribution in [3.8, 4) is 11.1 Å². The SMILES string of the molecule is Cc1ccc(-c2ccc(C(F)(F)F)cc2)c(C(=O)Nc2ccc3c(c2)C[C@H](NC(=O)N(C)C)C3)c1. The largest absolute Gasteiger partial charge is 0.416 e. The number of urea groups is 1. The monoisotopic (exact) mass is 481 g/mol. The second-order valence-corrected chi connectivity index (χ2v) is 9.01. The van der Waals surface area contributed by atoms with E-state index < -0.39 is 11.7 Å². The molecule has 1 atom stereocenters. The number of halogens is 3. The minimum atomic E-state index is -4.42. The zero-order valence-electron chi connectivity index (χ0n) is 19.7. The van der Waals surface area contributed by atoms with Crippen LogP contribution >= 0.6 is 0 Å². The Hall–Kier alpha value is -3.81. The van der Waals surface area contributed by atoms with E-state index in [9.17, 15) is 22.8 Å². The van der Waals surface area contributed by atoms with Crippen LogP contribution in [0, 0.1) is 6.92 Å². The molecule has 4 rings (SSSR count). The number of carbonyl (C=O) groups is 2. The van der Waals surface area contributed by atoms with E-state index in [-0.39, 0.29) is 18.0 Å². The normalized spacial score (nSPS) is 14.9. The molecule has 1 aliphatic carbocycles. The zero-order valence-corrected chi connectivity index (χ0v) is 19.7. The fourth-order valence-electron chi connectivity index (χ4n) is 4.24. The van der Waals surface area contributed by atoms with Gasteiger partial charge < -0.3 is 15.5 Å². The highest BCUT2D eigenvalue weighted by Gasteiger charge is 2.30. The van der Waals surface area contributed by atoms with Gasteiger partial charge >= 0.3 is 12.2 Å². The van der Waals surface area contributed by atoms with Crippen molar-refractivity contribution in [1.82, 2.24) is 10.2 Å². The Morgan fingerprint density at radius 2 is 1.60 bits per heavy atom. The Bertz CT molecular complexity index is 1270. The third-order valence-corrected chi connectivity index (χ3v) is 6.07. The van der Waals surface area contributed by atoms with E-state index in [0.29, 0.717) is 28.8 Å². The molecule has 2 N–H and O–H groups in total. The van der Waals surface area contributed by atoms with Gasteiger partial charge in [-0.25, -0.2) is 4.79 Å². The molecule has 0 saturated heterocycles. The lowest BCUT2D eigenvalue weighted by Gasteiger charge is -2.16. The lowest BCUT2D eigenvalue weighted by Crippen LogP contribution is -2.41. The minimum Gasteiger partial charge on any atom is -0.335 e. The number of hydrogen-bond donors (Lipinski definition) is 2. The van der Waals surface area contributed by atoms with Gasteiger partial charge in [0.1, 0.15) is 0 Å². The summed E-state index contributed by atoms with van der Waals surface area (Å²) >= 11 is 0. The van der Waals surface area contributed by atoms with Crippen molar-refractivity contribution in [3.05, 3.63) is 88.5 Å². The number of rotatable bonds is 4. The predicted octanol–water partition coefficient (Wildman–Crippen LogP) is 5.67. The second kappa shape index (κ2) is 9.44. The molecule has 0 unspecified atom stereocenters. The number of alkyl halides is 3. The molecular weight excluding hydrogens is 455 g/mol. The molecule has 0 heterocycles. The van der Waals surface area contributed by atoms with Crippen LogP contribution in [0.4, 0.5) is 23.7 Å². The van der Waals surface area contributed by atoms with E-state index >= 15 is 0 Å². The predicted molar refractivity (Wildman–Crippen MR) is 129 cm³/mol. The molecule has 8 heteroatoms. The first-order valence-electron chi connectivity index (χ1n) is 11.2. The van der Waals surface area contributed by atoms with Crippen molar-refractivity contribution in [2.75, 3.05) is 19.4 Å². The van der Waals surface area contributed by atoms with Gasteiger partial charge in [0.05, 0.1) is 5.56 Å². The van der Waals surface area contributed by atoms with Gasteiger partial charge in [-0.2, -0.15) is 13.2 Å². The van der Waals surface area contributed by atoms with E-state index in [1.165, 1.54) is 17.0 Å². The Morgan fingerprint density at radius 3 is 2.26 bits per heavy atom. The number of hydrogen-bond acceptors (Lipinski definition) is 2. The molecule has 1 aliphatic rings. The lowest BCUT2D eigenvalue weighted by molar-refractivity contribution is -0.137. The average Bonchev–Trinajstić information content (AvgIpc) is 3.20. The highest BCUT2D eigenvalue weighted by atomic mass is 19.4. The number of amides is 3. The van der Waals surface area contributed by atoms with Crippen LogP contribution in [0.2, 0.25) is 0 Å². The molecule has 5 nitrogen and oxygen atoms in total. The summed E-state index contributed by atoms with van der Waals surface area (Å²) in [5, 5.41) is 5.91. The van der Waals surface area contributed by atoms with E-state index in [0.717, 1.165) is 35.2 Å². The summed E-state index contributed by atoms with van der Waals surface area (Å²) in [4.78, 5) is 26.7. The smallest absolute Gasteiger partial charge is 0.335 e. The molecule has 0 saturated carbocycles. The van der Waals surface area contributed by atoms with Gasteiger partial charge in [-0.05, 0) is 72.4 Å². The fraction of sp³-hybridized carbons (Fsp3) is 0.259. The first-order chi connectivity index (χ1) is 16.5.